The number of aryl methyl sites for hydroxylation is 1. The quantitative estimate of drug-likeness (QED) is 0.251. The first kappa shape index (κ1) is 24.4. The number of nitrogens with zero attached hydrogens (tertiary/aromatic N) is 1. The molecule has 2 rings (SSSR count). The average Bonchev–Trinajstić information content (AvgIpc) is 2.79. The smallest absolute Gasteiger partial charge is 0.119 e. The van der Waals surface area contributed by atoms with Crippen LogP contribution in [0.3, 0.4) is 0 Å². The molecule has 0 aliphatic carbocycles. The third-order valence-corrected chi connectivity index (χ3v) is 5.56. The standard InChI is InChI=1S/C27H41NO2/c1-3-4-5-6-7-8-11-14-24-15-20-27(28-23-24)25-16-18-26(19-17-25)30-22-13-10-9-12-21-29-2/h15-20,23H,3-14,21-22H2,1-2H3. The zero-order valence-electron chi connectivity index (χ0n) is 19.2. The van der Waals surface area contributed by atoms with Crippen LogP contribution in [0.1, 0.15) is 83.1 Å². The predicted octanol–water partition coefficient (Wildman–Crippen LogP) is 7.63. The van der Waals surface area contributed by atoms with Crippen LogP contribution >= 0.6 is 0 Å². The number of ether oxygens (including phenoxy) is 2. The normalized spacial score (nSPS) is 11.0. The maximum atomic E-state index is 5.86. The Hall–Kier alpha value is -1.87. The van der Waals surface area contributed by atoms with Gasteiger partial charge in [0.15, 0.2) is 0 Å². The highest BCUT2D eigenvalue weighted by Crippen LogP contribution is 2.21. The van der Waals surface area contributed by atoms with Gasteiger partial charge in [0.05, 0.1) is 12.3 Å². The monoisotopic (exact) mass is 411 g/mol. The van der Waals surface area contributed by atoms with Gasteiger partial charge in [-0.1, -0.05) is 57.9 Å². The summed E-state index contributed by atoms with van der Waals surface area (Å²) in [6.45, 7) is 3.90. The molecule has 3 heteroatoms. The van der Waals surface area contributed by atoms with Gasteiger partial charge in [0.1, 0.15) is 5.75 Å². The second-order valence-corrected chi connectivity index (χ2v) is 8.20. The third kappa shape index (κ3) is 10.2. The van der Waals surface area contributed by atoms with Crippen molar-refractivity contribution >= 4 is 0 Å². The van der Waals surface area contributed by atoms with E-state index in [0.717, 1.165) is 49.5 Å². The highest BCUT2D eigenvalue weighted by atomic mass is 16.5. The number of hydrogen-bond donors (Lipinski definition) is 0. The summed E-state index contributed by atoms with van der Waals surface area (Å²) in [5, 5.41) is 0. The molecular formula is C27H41NO2. The molecular weight excluding hydrogens is 370 g/mol. The Balaban J connectivity index is 1.65. The van der Waals surface area contributed by atoms with Crippen LogP contribution < -0.4 is 4.74 Å². The molecule has 0 unspecified atom stereocenters. The molecule has 30 heavy (non-hydrogen) atoms. The van der Waals surface area contributed by atoms with Crippen LogP contribution in [0.5, 0.6) is 5.75 Å². The molecule has 1 aromatic heterocycles. The van der Waals surface area contributed by atoms with Gasteiger partial charge in [-0.05, 0) is 68.0 Å². The Labute approximate surface area is 184 Å². The van der Waals surface area contributed by atoms with Crippen molar-refractivity contribution in [3.05, 3.63) is 48.2 Å². The molecule has 0 radical (unpaired) electrons. The number of aromatic nitrogens is 1. The van der Waals surface area contributed by atoms with E-state index < -0.39 is 0 Å². The van der Waals surface area contributed by atoms with E-state index in [2.05, 4.69) is 36.2 Å². The number of hydrogen-bond acceptors (Lipinski definition) is 3. The van der Waals surface area contributed by atoms with E-state index in [1.54, 1.807) is 7.11 Å². The van der Waals surface area contributed by atoms with Crippen molar-refractivity contribution in [1.82, 2.24) is 4.98 Å². The molecule has 0 amide bonds. The maximum Gasteiger partial charge on any atom is 0.119 e. The number of methoxy groups -OCH3 is 1. The Morgan fingerprint density at radius 2 is 1.37 bits per heavy atom. The van der Waals surface area contributed by atoms with Crippen LogP contribution in [0.2, 0.25) is 0 Å². The lowest BCUT2D eigenvalue weighted by atomic mass is 10.0. The lowest BCUT2D eigenvalue weighted by Gasteiger charge is -2.08. The molecule has 0 aliphatic heterocycles. The summed E-state index contributed by atoms with van der Waals surface area (Å²) in [4.78, 5) is 4.68. The number of benzene rings is 1. The molecule has 3 nitrogen and oxygen atoms in total. The van der Waals surface area contributed by atoms with Gasteiger partial charge in [-0.25, -0.2) is 0 Å². The van der Waals surface area contributed by atoms with Crippen LogP contribution in [0.4, 0.5) is 0 Å². The van der Waals surface area contributed by atoms with Crippen LogP contribution in [0, 0.1) is 0 Å². The van der Waals surface area contributed by atoms with E-state index in [1.807, 2.05) is 18.3 Å². The summed E-state index contributed by atoms with van der Waals surface area (Å²) in [6, 6.07) is 12.7. The van der Waals surface area contributed by atoms with Gasteiger partial charge in [0.2, 0.25) is 0 Å². The minimum Gasteiger partial charge on any atom is -0.494 e. The molecule has 1 aromatic carbocycles. The molecule has 0 saturated carbocycles. The lowest BCUT2D eigenvalue weighted by molar-refractivity contribution is 0.191. The lowest BCUT2D eigenvalue weighted by Crippen LogP contribution is -1.98. The van der Waals surface area contributed by atoms with Crippen molar-refractivity contribution in [2.45, 2.75) is 84.0 Å². The molecule has 0 fully saturated rings. The minimum absolute atomic E-state index is 0.776. The van der Waals surface area contributed by atoms with Gasteiger partial charge in [-0.2, -0.15) is 0 Å². The van der Waals surface area contributed by atoms with Crippen molar-refractivity contribution in [1.29, 1.82) is 0 Å². The molecule has 1 heterocycles. The predicted molar refractivity (Wildman–Crippen MR) is 127 cm³/mol. The zero-order valence-corrected chi connectivity index (χ0v) is 19.2. The van der Waals surface area contributed by atoms with Crippen molar-refractivity contribution in [3.8, 4) is 17.0 Å². The zero-order chi connectivity index (χ0) is 21.3. The molecule has 0 N–H and O–H groups in total. The minimum atomic E-state index is 0.776. The Bertz CT molecular complexity index is 592. The van der Waals surface area contributed by atoms with Crippen molar-refractivity contribution in [3.63, 3.8) is 0 Å². The summed E-state index contributed by atoms with van der Waals surface area (Å²) in [7, 11) is 1.76. The first-order valence-corrected chi connectivity index (χ1v) is 12.0. The Morgan fingerprint density at radius 1 is 0.700 bits per heavy atom. The fraction of sp³-hybridized carbons (Fsp3) is 0.593. The van der Waals surface area contributed by atoms with Crippen molar-refractivity contribution in [2.24, 2.45) is 0 Å². The van der Waals surface area contributed by atoms with E-state index >= 15 is 0 Å². The van der Waals surface area contributed by atoms with E-state index in [1.165, 1.54) is 63.4 Å². The highest BCUT2D eigenvalue weighted by Gasteiger charge is 2.02. The maximum absolute atomic E-state index is 5.86. The first-order chi connectivity index (χ1) is 14.8. The van der Waals surface area contributed by atoms with Crippen molar-refractivity contribution in [2.75, 3.05) is 20.3 Å². The summed E-state index contributed by atoms with van der Waals surface area (Å²) < 4.78 is 10.9. The van der Waals surface area contributed by atoms with Crippen LogP contribution in [-0.2, 0) is 11.2 Å². The van der Waals surface area contributed by atoms with E-state index in [4.69, 9.17) is 9.47 Å². The van der Waals surface area contributed by atoms with Gasteiger partial charge in [-0.3, -0.25) is 4.98 Å². The number of pyridine rings is 1. The Morgan fingerprint density at radius 3 is 2.03 bits per heavy atom. The van der Waals surface area contributed by atoms with Gasteiger partial charge in [0, 0.05) is 25.5 Å². The van der Waals surface area contributed by atoms with Gasteiger partial charge in [0.25, 0.3) is 0 Å². The molecule has 0 atom stereocenters. The SMILES string of the molecule is CCCCCCCCCc1ccc(-c2ccc(OCCCCCCOC)cc2)nc1. The third-order valence-electron chi connectivity index (χ3n) is 5.56. The van der Waals surface area contributed by atoms with Crippen molar-refractivity contribution < 1.29 is 9.47 Å². The van der Waals surface area contributed by atoms with E-state index in [-0.39, 0.29) is 0 Å². The van der Waals surface area contributed by atoms with Crippen LogP contribution in [0.15, 0.2) is 42.6 Å². The molecule has 0 spiro atoms. The number of unbranched alkanes of at least 4 members (excludes halogenated alkanes) is 9. The average molecular weight is 412 g/mol. The van der Waals surface area contributed by atoms with E-state index in [0.29, 0.717) is 0 Å². The van der Waals surface area contributed by atoms with Crippen LogP contribution in [0.25, 0.3) is 11.3 Å². The molecule has 0 aliphatic rings. The van der Waals surface area contributed by atoms with E-state index in [9.17, 15) is 0 Å². The summed E-state index contributed by atoms with van der Waals surface area (Å²) in [5.74, 6) is 0.936. The van der Waals surface area contributed by atoms with Crippen LogP contribution in [-0.4, -0.2) is 25.3 Å². The topological polar surface area (TPSA) is 31.4 Å². The summed E-state index contributed by atoms with van der Waals surface area (Å²) >= 11 is 0. The molecule has 0 bridgehead atoms. The van der Waals surface area contributed by atoms with Gasteiger partial charge in [-0.15, -0.1) is 0 Å². The molecule has 0 saturated heterocycles. The largest absolute Gasteiger partial charge is 0.494 e. The van der Waals surface area contributed by atoms with Gasteiger partial charge >= 0.3 is 0 Å². The summed E-state index contributed by atoms with van der Waals surface area (Å²) in [5.41, 5.74) is 3.52. The molecule has 166 valence electrons. The highest BCUT2D eigenvalue weighted by molar-refractivity contribution is 5.60. The van der Waals surface area contributed by atoms with Gasteiger partial charge < -0.3 is 9.47 Å². The fourth-order valence-electron chi connectivity index (χ4n) is 3.64. The number of rotatable bonds is 17. The second kappa shape index (κ2) is 15.9. The second-order valence-electron chi connectivity index (χ2n) is 8.20. The fourth-order valence-corrected chi connectivity index (χ4v) is 3.64. The molecule has 2 aromatic rings. The Kier molecular flexibility index (Phi) is 12.9. The first-order valence-electron chi connectivity index (χ1n) is 12.0. The summed E-state index contributed by atoms with van der Waals surface area (Å²) in [6.07, 6.45) is 17.3.